The average molecular weight is 345 g/mol. The number of carbonyl (C=O) groups is 1. The number of sulfone groups is 1. The molecule has 1 saturated heterocycles. The number of benzene rings is 2. The molecular weight excluding hydrogens is 326 g/mol. The van der Waals surface area contributed by atoms with Crippen LogP contribution in [0.15, 0.2) is 54.6 Å². The van der Waals surface area contributed by atoms with Crippen LogP contribution < -0.4 is 16.0 Å². The number of rotatable bonds is 4. The molecule has 3 N–H and O–H groups in total. The van der Waals surface area contributed by atoms with Crippen LogP contribution in [0.5, 0.6) is 0 Å². The van der Waals surface area contributed by atoms with Gasteiger partial charge in [0.1, 0.15) is 0 Å². The molecule has 1 heterocycles. The third kappa shape index (κ3) is 4.48. The molecule has 0 aromatic heterocycles. The van der Waals surface area contributed by atoms with Gasteiger partial charge in [0, 0.05) is 23.1 Å². The van der Waals surface area contributed by atoms with Crippen molar-refractivity contribution in [3.8, 4) is 0 Å². The predicted octanol–water partition coefficient (Wildman–Crippen LogP) is 2.93. The Kier molecular flexibility index (Phi) is 4.71. The number of amides is 2. The molecule has 7 heteroatoms. The highest BCUT2D eigenvalue weighted by molar-refractivity contribution is 7.91. The highest BCUT2D eigenvalue weighted by Crippen LogP contribution is 2.19. The quantitative estimate of drug-likeness (QED) is 0.795. The van der Waals surface area contributed by atoms with Crippen LogP contribution in [-0.2, 0) is 9.84 Å². The van der Waals surface area contributed by atoms with Crippen molar-refractivity contribution in [2.45, 2.75) is 12.5 Å². The smallest absolute Gasteiger partial charge is 0.323 e. The highest BCUT2D eigenvalue weighted by Gasteiger charge is 2.27. The topological polar surface area (TPSA) is 87.3 Å². The SMILES string of the molecule is O=C(Nc1ccccc1)Nc1ccc(NC2CCS(=O)(=O)C2)cc1. The lowest BCUT2D eigenvalue weighted by Gasteiger charge is -2.13. The van der Waals surface area contributed by atoms with E-state index in [1.54, 1.807) is 12.1 Å². The van der Waals surface area contributed by atoms with E-state index in [-0.39, 0.29) is 23.6 Å². The molecule has 1 atom stereocenters. The normalized spacial score (nSPS) is 18.8. The van der Waals surface area contributed by atoms with E-state index < -0.39 is 9.84 Å². The van der Waals surface area contributed by atoms with E-state index in [1.807, 2.05) is 42.5 Å². The van der Waals surface area contributed by atoms with Gasteiger partial charge in [0.25, 0.3) is 0 Å². The van der Waals surface area contributed by atoms with E-state index in [2.05, 4.69) is 16.0 Å². The molecule has 0 saturated carbocycles. The third-order valence-electron chi connectivity index (χ3n) is 3.78. The van der Waals surface area contributed by atoms with Gasteiger partial charge in [0.05, 0.1) is 11.5 Å². The van der Waals surface area contributed by atoms with Gasteiger partial charge in [-0.05, 0) is 42.8 Å². The van der Waals surface area contributed by atoms with Crippen LogP contribution in [0.1, 0.15) is 6.42 Å². The number of hydrogen-bond acceptors (Lipinski definition) is 4. The minimum Gasteiger partial charge on any atom is -0.381 e. The van der Waals surface area contributed by atoms with Crippen molar-refractivity contribution in [1.29, 1.82) is 0 Å². The van der Waals surface area contributed by atoms with Crippen molar-refractivity contribution in [3.63, 3.8) is 0 Å². The summed E-state index contributed by atoms with van der Waals surface area (Å²) in [5, 5.41) is 8.70. The maximum Gasteiger partial charge on any atom is 0.323 e. The summed E-state index contributed by atoms with van der Waals surface area (Å²) in [5.74, 6) is 0.413. The zero-order chi connectivity index (χ0) is 17.0. The number of anilines is 3. The van der Waals surface area contributed by atoms with Crippen LogP contribution in [0.4, 0.5) is 21.9 Å². The predicted molar refractivity (Wildman–Crippen MR) is 96.2 cm³/mol. The van der Waals surface area contributed by atoms with Gasteiger partial charge in [-0.3, -0.25) is 0 Å². The first kappa shape index (κ1) is 16.3. The molecule has 0 aliphatic carbocycles. The Bertz CT molecular complexity index is 805. The van der Waals surface area contributed by atoms with Crippen molar-refractivity contribution in [3.05, 3.63) is 54.6 Å². The molecule has 2 amide bonds. The number of hydrogen-bond donors (Lipinski definition) is 3. The van der Waals surface area contributed by atoms with Gasteiger partial charge >= 0.3 is 6.03 Å². The van der Waals surface area contributed by atoms with E-state index in [4.69, 9.17) is 0 Å². The molecule has 126 valence electrons. The first-order chi connectivity index (χ1) is 11.5. The largest absolute Gasteiger partial charge is 0.381 e. The van der Waals surface area contributed by atoms with Crippen LogP contribution in [0, 0.1) is 0 Å². The summed E-state index contributed by atoms with van der Waals surface area (Å²) >= 11 is 0. The number of para-hydroxylation sites is 1. The molecule has 0 spiro atoms. The molecular formula is C17H19N3O3S. The minimum atomic E-state index is -2.90. The fourth-order valence-corrected chi connectivity index (χ4v) is 4.28. The van der Waals surface area contributed by atoms with Crippen LogP contribution in [0.3, 0.4) is 0 Å². The van der Waals surface area contributed by atoms with E-state index >= 15 is 0 Å². The Morgan fingerprint density at radius 1 is 0.875 bits per heavy atom. The molecule has 6 nitrogen and oxygen atoms in total. The van der Waals surface area contributed by atoms with Crippen LogP contribution in [-0.4, -0.2) is 32.0 Å². The molecule has 0 radical (unpaired) electrons. The summed E-state index contributed by atoms with van der Waals surface area (Å²) in [6.45, 7) is 0. The summed E-state index contributed by atoms with van der Waals surface area (Å²) in [7, 11) is -2.90. The third-order valence-corrected chi connectivity index (χ3v) is 5.55. The van der Waals surface area contributed by atoms with Gasteiger partial charge in [-0.15, -0.1) is 0 Å². The maximum absolute atomic E-state index is 11.9. The maximum atomic E-state index is 11.9. The highest BCUT2D eigenvalue weighted by atomic mass is 32.2. The monoisotopic (exact) mass is 345 g/mol. The lowest BCUT2D eigenvalue weighted by molar-refractivity contribution is 0.262. The first-order valence-electron chi connectivity index (χ1n) is 7.70. The van der Waals surface area contributed by atoms with E-state index in [0.29, 0.717) is 12.1 Å². The molecule has 0 bridgehead atoms. The van der Waals surface area contributed by atoms with Gasteiger partial charge in [-0.25, -0.2) is 13.2 Å². The molecule has 2 aromatic rings. The van der Waals surface area contributed by atoms with Gasteiger partial charge in [-0.2, -0.15) is 0 Å². The lowest BCUT2D eigenvalue weighted by atomic mass is 10.2. The summed E-state index contributed by atoms with van der Waals surface area (Å²) in [6.07, 6.45) is 0.627. The van der Waals surface area contributed by atoms with E-state index in [0.717, 1.165) is 11.4 Å². The van der Waals surface area contributed by atoms with Gasteiger partial charge < -0.3 is 16.0 Å². The Balaban J connectivity index is 1.54. The Hall–Kier alpha value is -2.54. The number of carbonyl (C=O) groups excluding carboxylic acids is 1. The van der Waals surface area contributed by atoms with Gasteiger partial charge in [0.15, 0.2) is 9.84 Å². The minimum absolute atomic E-state index is 0.0461. The van der Waals surface area contributed by atoms with Crippen LogP contribution >= 0.6 is 0 Å². The molecule has 1 unspecified atom stereocenters. The standard InChI is InChI=1S/C17H19N3O3S/c21-17(19-13-4-2-1-3-5-13)20-15-8-6-14(7-9-15)18-16-10-11-24(22,23)12-16/h1-9,16,18H,10-12H2,(H2,19,20,21). The Morgan fingerprint density at radius 2 is 1.46 bits per heavy atom. The van der Waals surface area contributed by atoms with Gasteiger partial charge in [0.2, 0.25) is 0 Å². The van der Waals surface area contributed by atoms with Crippen molar-refractivity contribution in [1.82, 2.24) is 0 Å². The Morgan fingerprint density at radius 3 is 2.04 bits per heavy atom. The molecule has 1 aliphatic heterocycles. The fraction of sp³-hybridized carbons (Fsp3) is 0.235. The fourth-order valence-electron chi connectivity index (χ4n) is 2.61. The second-order valence-corrected chi connectivity index (χ2v) is 8.00. The van der Waals surface area contributed by atoms with Crippen molar-refractivity contribution in [2.24, 2.45) is 0 Å². The second-order valence-electron chi connectivity index (χ2n) is 5.77. The van der Waals surface area contributed by atoms with Crippen molar-refractivity contribution in [2.75, 3.05) is 27.5 Å². The van der Waals surface area contributed by atoms with Crippen molar-refractivity contribution < 1.29 is 13.2 Å². The first-order valence-corrected chi connectivity index (χ1v) is 9.52. The summed E-state index contributed by atoms with van der Waals surface area (Å²) in [6, 6.07) is 16.0. The lowest BCUT2D eigenvalue weighted by Crippen LogP contribution is -2.21. The summed E-state index contributed by atoms with van der Waals surface area (Å²) in [5.41, 5.74) is 2.22. The van der Waals surface area contributed by atoms with E-state index in [9.17, 15) is 13.2 Å². The van der Waals surface area contributed by atoms with Crippen molar-refractivity contribution >= 4 is 32.9 Å². The Labute approximate surface area is 141 Å². The van der Waals surface area contributed by atoms with Crippen LogP contribution in [0.25, 0.3) is 0 Å². The molecule has 2 aromatic carbocycles. The zero-order valence-corrected chi connectivity index (χ0v) is 13.8. The molecule has 24 heavy (non-hydrogen) atoms. The molecule has 1 aliphatic rings. The molecule has 1 fully saturated rings. The zero-order valence-electron chi connectivity index (χ0n) is 13.0. The molecule has 3 rings (SSSR count). The van der Waals surface area contributed by atoms with Gasteiger partial charge in [-0.1, -0.05) is 18.2 Å². The van der Waals surface area contributed by atoms with Crippen LogP contribution in [0.2, 0.25) is 0 Å². The number of urea groups is 1. The van der Waals surface area contributed by atoms with E-state index in [1.165, 1.54) is 0 Å². The summed E-state index contributed by atoms with van der Waals surface area (Å²) < 4.78 is 22.9. The number of nitrogens with one attached hydrogen (secondary N) is 3. The second kappa shape index (κ2) is 6.92. The summed E-state index contributed by atoms with van der Waals surface area (Å²) in [4.78, 5) is 11.9. The average Bonchev–Trinajstić information content (AvgIpc) is 2.89.